The van der Waals surface area contributed by atoms with Crippen LogP contribution in [0.3, 0.4) is 0 Å². The smallest absolute Gasteiger partial charge is 0.0448 e. The third-order valence-electron chi connectivity index (χ3n) is 2.12. The highest BCUT2D eigenvalue weighted by molar-refractivity contribution is 4.96. The lowest BCUT2D eigenvalue weighted by Crippen LogP contribution is -2.51. The Morgan fingerprint density at radius 3 is 2.56 bits per heavy atom. The molecule has 0 heterocycles. The average Bonchev–Trinajstić information content (AvgIpc) is 1.62. The first kappa shape index (κ1) is 7.03. The fraction of sp³-hybridized carbons (Fsp3) is 1.00. The van der Waals surface area contributed by atoms with Gasteiger partial charge in [0.05, 0.1) is 0 Å². The molecule has 0 radical (unpaired) electrons. The molecule has 2 heteroatoms. The molecular formula is C7H15NO. The molecule has 2 nitrogen and oxygen atoms in total. The Morgan fingerprint density at radius 2 is 2.22 bits per heavy atom. The Labute approximate surface area is 56.1 Å². The number of hydrogen-bond donors (Lipinski definition) is 2. The van der Waals surface area contributed by atoms with E-state index in [1.807, 2.05) is 0 Å². The van der Waals surface area contributed by atoms with Crippen LogP contribution in [0.5, 0.6) is 0 Å². The Kier molecular flexibility index (Phi) is 1.78. The maximum atomic E-state index is 8.57. The van der Waals surface area contributed by atoms with Crippen LogP contribution in [-0.4, -0.2) is 17.3 Å². The summed E-state index contributed by atoms with van der Waals surface area (Å²) in [6.45, 7) is 2.44. The largest absolute Gasteiger partial charge is 0.396 e. The van der Waals surface area contributed by atoms with Gasteiger partial charge in [0.1, 0.15) is 0 Å². The second kappa shape index (κ2) is 2.27. The first-order valence-corrected chi connectivity index (χ1v) is 3.56. The van der Waals surface area contributed by atoms with Crippen molar-refractivity contribution in [2.45, 2.75) is 31.7 Å². The number of aliphatic hydroxyl groups excluding tert-OH is 1. The van der Waals surface area contributed by atoms with Crippen molar-refractivity contribution in [1.29, 1.82) is 0 Å². The maximum Gasteiger partial charge on any atom is 0.0448 e. The second-order valence-corrected chi connectivity index (χ2v) is 3.35. The van der Waals surface area contributed by atoms with Gasteiger partial charge in [-0.15, -0.1) is 0 Å². The van der Waals surface area contributed by atoms with Gasteiger partial charge >= 0.3 is 0 Å². The second-order valence-electron chi connectivity index (χ2n) is 3.35. The molecule has 0 atom stereocenters. The van der Waals surface area contributed by atoms with Gasteiger partial charge in [0.25, 0.3) is 0 Å². The van der Waals surface area contributed by atoms with Gasteiger partial charge in [-0.3, -0.25) is 0 Å². The number of hydrogen-bond acceptors (Lipinski definition) is 2. The molecule has 0 unspecified atom stereocenters. The Morgan fingerprint density at radius 1 is 1.67 bits per heavy atom. The van der Waals surface area contributed by atoms with Crippen LogP contribution in [0.15, 0.2) is 0 Å². The van der Waals surface area contributed by atoms with Crippen LogP contribution in [0.2, 0.25) is 0 Å². The summed E-state index contributed by atoms with van der Waals surface area (Å²) in [6, 6.07) is 0. The summed E-state index contributed by atoms with van der Waals surface area (Å²) in [5.74, 6) is 0.779. The van der Waals surface area contributed by atoms with E-state index in [1.165, 1.54) is 0 Å². The fourth-order valence-corrected chi connectivity index (χ4v) is 1.75. The number of aliphatic hydroxyl groups is 1. The molecule has 1 saturated carbocycles. The Hall–Kier alpha value is -0.0800. The quantitative estimate of drug-likeness (QED) is 0.570. The summed E-state index contributed by atoms with van der Waals surface area (Å²) in [6.07, 6.45) is 2.96. The summed E-state index contributed by atoms with van der Waals surface area (Å²) in [5.41, 5.74) is 5.84. The van der Waals surface area contributed by atoms with E-state index in [4.69, 9.17) is 10.8 Å². The summed E-state index contributed by atoms with van der Waals surface area (Å²) < 4.78 is 0. The molecule has 1 rings (SSSR count). The monoisotopic (exact) mass is 129 g/mol. The van der Waals surface area contributed by atoms with Gasteiger partial charge in [-0.25, -0.2) is 0 Å². The first-order valence-electron chi connectivity index (χ1n) is 3.56. The summed E-state index contributed by atoms with van der Waals surface area (Å²) in [4.78, 5) is 0. The van der Waals surface area contributed by atoms with Gasteiger partial charge in [-0.2, -0.15) is 0 Å². The highest BCUT2D eigenvalue weighted by Crippen LogP contribution is 2.37. The van der Waals surface area contributed by atoms with Crippen LogP contribution in [0.25, 0.3) is 0 Å². The predicted molar refractivity (Wildman–Crippen MR) is 37.0 cm³/mol. The molecule has 0 bridgehead atoms. The standard InChI is InChI=1S/C7H15NO/c1-6-4-7(8,5-6)2-3-9/h6,9H,2-5,8H2,1H3. The molecule has 0 aromatic heterocycles. The van der Waals surface area contributed by atoms with Crippen LogP contribution in [0, 0.1) is 5.92 Å². The maximum absolute atomic E-state index is 8.57. The van der Waals surface area contributed by atoms with Crippen molar-refractivity contribution >= 4 is 0 Å². The van der Waals surface area contributed by atoms with Crippen LogP contribution in [-0.2, 0) is 0 Å². The Balaban J connectivity index is 2.23. The lowest BCUT2D eigenvalue weighted by molar-refractivity contribution is 0.120. The lowest BCUT2D eigenvalue weighted by atomic mass is 9.68. The summed E-state index contributed by atoms with van der Waals surface area (Å²) in [5, 5.41) is 8.57. The molecule has 54 valence electrons. The molecule has 0 spiro atoms. The predicted octanol–water partition coefficient (Wildman–Crippen LogP) is 0.496. The highest BCUT2D eigenvalue weighted by atomic mass is 16.3. The Bertz CT molecular complexity index is 91.6. The number of nitrogens with two attached hydrogens (primary N) is 1. The fourth-order valence-electron chi connectivity index (χ4n) is 1.75. The molecule has 0 aromatic rings. The van der Waals surface area contributed by atoms with Crippen LogP contribution in [0.1, 0.15) is 26.2 Å². The first-order chi connectivity index (χ1) is 4.16. The minimum absolute atomic E-state index is 0.00579. The topological polar surface area (TPSA) is 46.2 Å². The van der Waals surface area contributed by atoms with Crippen molar-refractivity contribution in [3.8, 4) is 0 Å². The van der Waals surface area contributed by atoms with Gasteiger partial charge < -0.3 is 10.8 Å². The van der Waals surface area contributed by atoms with Crippen molar-refractivity contribution in [3.63, 3.8) is 0 Å². The van der Waals surface area contributed by atoms with Crippen molar-refractivity contribution in [3.05, 3.63) is 0 Å². The normalized spacial score (nSPS) is 42.3. The molecule has 0 aromatic carbocycles. The van der Waals surface area contributed by atoms with Gasteiger partial charge in [0.2, 0.25) is 0 Å². The van der Waals surface area contributed by atoms with Gasteiger partial charge in [0.15, 0.2) is 0 Å². The van der Waals surface area contributed by atoms with Crippen molar-refractivity contribution < 1.29 is 5.11 Å². The molecule has 1 aliphatic rings. The van der Waals surface area contributed by atoms with Crippen LogP contribution < -0.4 is 5.73 Å². The molecule has 1 fully saturated rings. The third-order valence-corrected chi connectivity index (χ3v) is 2.12. The van der Waals surface area contributed by atoms with Crippen molar-refractivity contribution in [2.24, 2.45) is 11.7 Å². The van der Waals surface area contributed by atoms with E-state index in [2.05, 4.69) is 6.92 Å². The molecule has 0 saturated heterocycles. The van der Waals surface area contributed by atoms with Gasteiger partial charge in [-0.1, -0.05) is 6.92 Å². The van der Waals surface area contributed by atoms with E-state index >= 15 is 0 Å². The van der Waals surface area contributed by atoms with E-state index in [1.54, 1.807) is 0 Å². The highest BCUT2D eigenvalue weighted by Gasteiger charge is 2.37. The average molecular weight is 129 g/mol. The minimum Gasteiger partial charge on any atom is -0.396 e. The van der Waals surface area contributed by atoms with Crippen molar-refractivity contribution in [1.82, 2.24) is 0 Å². The van der Waals surface area contributed by atoms with E-state index in [0.29, 0.717) is 0 Å². The molecule has 1 aliphatic carbocycles. The zero-order chi connectivity index (χ0) is 6.91. The van der Waals surface area contributed by atoms with Gasteiger partial charge in [0, 0.05) is 12.1 Å². The lowest BCUT2D eigenvalue weighted by Gasteiger charge is -2.43. The van der Waals surface area contributed by atoms with Crippen LogP contribution >= 0.6 is 0 Å². The summed E-state index contributed by atoms with van der Waals surface area (Å²) >= 11 is 0. The molecule has 0 amide bonds. The van der Waals surface area contributed by atoms with E-state index in [9.17, 15) is 0 Å². The molecule has 9 heavy (non-hydrogen) atoms. The summed E-state index contributed by atoms with van der Waals surface area (Å²) in [7, 11) is 0. The SMILES string of the molecule is CC1CC(N)(CCO)C1. The number of rotatable bonds is 2. The van der Waals surface area contributed by atoms with Crippen molar-refractivity contribution in [2.75, 3.05) is 6.61 Å². The van der Waals surface area contributed by atoms with E-state index in [-0.39, 0.29) is 12.1 Å². The van der Waals surface area contributed by atoms with E-state index < -0.39 is 0 Å². The molecular weight excluding hydrogens is 114 g/mol. The third kappa shape index (κ3) is 1.43. The van der Waals surface area contributed by atoms with Gasteiger partial charge in [-0.05, 0) is 25.2 Å². The molecule has 0 aliphatic heterocycles. The van der Waals surface area contributed by atoms with Crippen LogP contribution in [0.4, 0.5) is 0 Å². The minimum atomic E-state index is -0.00579. The molecule has 3 N–H and O–H groups in total. The zero-order valence-corrected chi connectivity index (χ0v) is 5.93. The zero-order valence-electron chi connectivity index (χ0n) is 5.93. The van der Waals surface area contributed by atoms with E-state index in [0.717, 1.165) is 25.2 Å².